The molecule has 5 nitrogen and oxygen atoms in total. The van der Waals surface area contributed by atoms with E-state index < -0.39 is 0 Å². The molecular formula is C11H21N5. The molecule has 16 heavy (non-hydrogen) atoms. The SMILES string of the molecule is Cc1nc(NCC(C)N)cc(NC(C)C)n1. The molecule has 0 aliphatic carbocycles. The maximum Gasteiger partial charge on any atom is 0.131 e. The molecular weight excluding hydrogens is 202 g/mol. The van der Waals surface area contributed by atoms with E-state index in [0.29, 0.717) is 12.6 Å². The first-order valence-electron chi connectivity index (χ1n) is 5.59. The fourth-order valence-corrected chi connectivity index (χ4v) is 1.29. The standard InChI is InChI=1S/C11H21N5/c1-7(2)14-11-5-10(13-6-8(3)12)15-9(4)16-11/h5,7-8H,6,12H2,1-4H3,(H2,13,14,15,16). The fourth-order valence-electron chi connectivity index (χ4n) is 1.29. The van der Waals surface area contributed by atoms with Crippen LogP contribution in [-0.2, 0) is 0 Å². The van der Waals surface area contributed by atoms with Crippen LogP contribution in [0, 0.1) is 6.92 Å². The van der Waals surface area contributed by atoms with Gasteiger partial charge in [-0.15, -0.1) is 0 Å². The zero-order chi connectivity index (χ0) is 12.1. The second kappa shape index (κ2) is 5.65. The molecule has 0 saturated carbocycles. The number of aryl methyl sites for hydroxylation is 1. The van der Waals surface area contributed by atoms with Gasteiger partial charge in [-0.25, -0.2) is 9.97 Å². The molecule has 1 aromatic heterocycles. The molecule has 0 aromatic carbocycles. The van der Waals surface area contributed by atoms with Crippen molar-refractivity contribution in [1.82, 2.24) is 9.97 Å². The number of nitrogens with one attached hydrogen (secondary N) is 2. The minimum absolute atomic E-state index is 0.108. The zero-order valence-electron chi connectivity index (χ0n) is 10.4. The first-order chi connectivity index (χ1) is 7.47. The van der Waals surface area contributed by atoms with Crippen molar-refractivity contribution in [3.63, 3.8) is 0 Å². The van der Waals surface area contributed by atoms with Crippen LogP contribution in [-0.4, -0.2) is 28.6 Å². The summed E-state index contributed by atoms with van der Waals surface area (Å²) < 4.78 is 0. The smallest absolute Gasteiger partial charge is 0.131 e. The van der Waals surface area contributed by atoms with Gasteiger partial charge in [0.15, 0.2) is 0 Å². The van der Waals surface area contributed by atoms with Crippen molar-refractivity contribution in [2.24, 2.45) is 5.73 Å². The van der Waals surface area contributed by atoms with E-state index in [1.807, 2.05) is 19.9 Å². The van der Waals surface area contributed by atoms with Crippen molar-refractivity contribution in [3.8, 4) is 0 Å². The number of nitrogens with zero attached hydrogens (tertiary/aromatic N) is 2. The van der Waals surface area contributed by atoms with Crippen molar-refractivity contribution in [1.29, 1.82) is 0 Å². The molecule has 90 valence electrons. The van der Waals surface area contributed by atoms with Gasteiger partial charge in [0.2, 0.25) is 0 Å². The van der Waals surface area contributed by atoms with Crippen LogP contribution in [0.5, 0.6) is 0 Å². The Morgan fingerprint density at radius 3 is 2.44 bits per heavy atom. The normalized spacial score (nSPS) is 12.6. The average molecular weight is 223 g/mol. The van der Waals surface area contributed by atoms with Crippen molar-refractivity contribution >= 4 is 11.6 Å². The van der Waals surface area contributed by atoms with Gasteiger partial charge in [-0.05, 0) is 27.7 Å². The molecule has 0 radical (unpaired) electrons. The first-order valence-corrected chi connectivity index (χ1v) is 5.59. The summed E-state index contributed by atoms with van der Waals surface area (Å²) >= 11 is 0. The van der Waals surface area contributed by atoms with Gasteiger partial charge >= 0.3 is 0 Å². The third-order valence-electron chi connectivity index (χ3n) is 1.88. The van der Waals surface area contributed by atoms with Crippen molar-refractivity contribution in [3.05, 3.63) is 11.9 Å². The van der Waals surface area contributed by atoms with E-state index in [0.717, 1.165) is 17.5 Å². The Labute approximate surface area is 96.9 Å². The molecule has 1 atom stereocenters. The summed E-state index contributed by atoms with van der Waals surface area (Å²) in [6.45, 7) is 8.69. The summed E-state index contributed by atoms with van der Waals surface area (Å²) in [5.74, 6) is 2.40. The minimum Gasteiger partial charge on any atom is -0.368 e. The fraction of sp³-hybridized carbons (Fsp3) is 0.636. The van der Waals surface area contributed by atoms with Crippen molar-refractivity contribution in [2.75, 3.05) is 17.2 Å². The highest BCUT2D eigenvalue weighted by atomic mass is 15.1. The predicted molar refractivity (Wildman–Crippen MR) is 67.7 cm³/mol. The highest BCUT2D eigenvalue weighted by Crippen LogP contribution is 2.11. The second-order valence-corrected chi connectivity index (χ2v) is 4.34. The van der Waals surface area contributed by atoms with E-state index in [9.17, 15) is 0 Å². The lowest BCUT2D eigenvalue weighted by atomic mass is 10.3. The predicted octanol–water partition coefficient (Wildman–Crippen LogP) is 1.36. The van der Waals surface area contributed by atoms with Crippen LogP contribution in [0.25, 0.3) is 0 Å². The molecule has 0 bridgehead atoms. The third-order valence-corrected chi connectivity index (χ3v) is 1.88. The van der Waals surface area contributed by atoms with E-state index in [1.165, 1.54) is 0 Å². The molecule has 5 heteroatoms. The second-order valence-electron chi connectivity index (χ2n) is 4.34. The summed E-state index contributed by atoms with van der Waals surface area (Å²) in [5.41, 5.74) is 5.68. The largest absolute Gasteiger partial charge is 0.368 e. The number of rotatable bonds is 5. The van der Waals surface area contributed by atoms with Crippen LogP contribution in [0.15, 0.2) is 6.07 Å². The van der Waals surface area contributed by atoms with Crippen LogP contribution in [0.3, 0.4) is 0 Å². The van der Waals surface area contributed by atoms with Gasteiger partial charge in [0.25, 0.3) is 0 Å². The third kappa shape index (κ3) is 4.44. The van der Waals surface area contributed by atoms with E-state index in [4.69, 9.17) is 5.73 Å². The molecule has 0 saturated heterocycles. The van der Waals surface area contributed by atoms with Gasteiger partial charge in [0.1, 0.15) is 17.5 Å². The number of hydrogen-bond acceptors (Lipinski definition) is 5. The summed E-state index contributed by atoms with van der Waals surface area (Å²) in [4.78, 5) is 8.60. The molecule has 0 aliphatic heterocycles. The summed E-state index contributed by atoms with van der Waals surface area (Å²) in [6.07, 6.45) is 0. The molecule has 0 aliphatic rings. The van der Waals surface area contributed by atoms with Crippen LogP contribution in [0.2, 0.25) is 0 Å². The molecule has 1 unspecified atom stereocenters. The number of aromatic nitrogens is 2. The van der Waals surface area contributed by atoms with E-state index in [-0.39, 0.29) is 6.04 Å². The number of anilines is 2. The summed E-state index contributed by atoms with van der Waals surface area (Å²) in [7, 11) is 0. The summed E-state index contributed by atoms with van der Waals surface area (Å²) in [5, 5.41) is 6.43. The molecule has 1 rings (SSSR count). The topological polar surface area (TPSA) is 75.9 Å². The summed E-state index contributed by atoms with van der Waals surface area (Å²) in [6, 6.07) is 2.36. The van der Waals surface area contributed by atoms with Gasteiger partial charge < -0.3 is 16.4 Å². The monoisotopic (exact) mass is 223 g/mol. The average Bonchev–Trinajstić information content (AvgIpc) is 2.12. The van der Waals surface area contributed by atoms with Crippen molar-refractivity contribution < 1.29 is 0 Å². The molecule has 4 N–H and O–H groups in total. The van der Waals surface area contributed by atoms with Gasteiger partial charge in [0.05, 0.1) is 0 Å². The van der Waals surface area contributed by atoms with E-state index in [1.54, 1.807) is 0 Å². The lowest BCUT2D eigenvalue weighted by Crippen LogP contribution is -2.25. The first kappa shape index (κ1) is 12.7. The maximum atomic E-state index is 5.68. The van der Waals surface area contributed by atoms with Gasteiger partial charge in [0, 0.05) is 24.7 Å². The van der Waals surface area contributed by atoms with Crippen LogP contribution >= 0.6 is 0 Å². The van der Waals surface area contributed by atoms with Gasteiger partial charge in [-0.1, -0.05) is 0 Å². The Morgan fingerprint density at radius 1 is 1.25 bits per heavy atom. The molecule has 0 amide bonds. The Bertz CT molecular complexity index is 335. The Morgan fingerprint density at radius 2 is 1.88 bits per heavy atom. The Hall–Kier alpha value is -1.36. The minimum atomic E-state index is 0.108. The highest BCUT2D eigenvalue weighted by molar-refractivity contribution is 5.47. The Balaban J connectivity index is 2.73. The lowest BCUT2D eigenvalue weighted by Gasteiger charge is -2.13. The van der Waals surface area contributed by atoms with E-state index >= 15 is 0 Å². The maximum absolute atomic E-state index is 5.68. The van der Waals surface area contributed by atoms with Gasteiger partial charge in [-0.3, -0.25) is 0 Å². The number of nitrogens with two attached hydrogens (primary N) is 1. The molecule has 1 aromatic rings. The highest BCUT2D eigenvalue weighted by Gasteiger charge is 2.03. The van der Waals surface area contributed by atoms with Crippen LogP contribution in [0.1, 0.15) is 26.6 Å². The number of hydrogen-bond donors (Lipinski definition) is 3. The quantitative estimate of drug-likeness (QED) is 0.703. The lowest BCUT2D eigenvalue weighted by molar-refractivity contribution is 0.775. The van der Waals surface area contributed by atoms with Crippen LogP contribution < -0.4 is 16.4 Å². The van der Waals surface area contributed by atoms with Gasteiger partial charge in [-0.2, -0.15) is 0 Å². The van der Waals surface area contributed by atoms with E-state index in [2.05, 4.69) is 34.4 Å². The van der Waals surface area contributed by atoms with Crippen molar-refractivity contribution in [2.45, 2.75) is 39.8 Å². The molecule has 0 spiro atoms. The zero-order valence-corrected chi connectivity index (χ0v) is 10.4. The Kier molecular flexibility index (Phi) is 4.49. The molecule has 0 fully saturated rings. The molecule has 1 heterocycles. The van der Waals surface area contributed by atoms with Crippen LogP contribution in [0.4, 0.5) is 11.6 Å².